The summed E-state index contributed by atoms with van der Waals surface area (Å²) in [7, 11) is 3.43. The van der Waals surface area contributed by atoms with E-state index in [4.69, 9.17) is 26.8 Å². The number of benzene rings is 1. The van der Waals surface area contributed by atoms with E-state index in [1.807, 2.05) is 31.2 Å². The number of nitrogens with zero attached hydrogens (tertiary/aromatic N) is 1. The van der Waals surface area contributed by atoms with Gasteiger partial charge in [-0.15, -0.1) is 0 Å². The number of rotatable bonds is 9. The molecule has 0 amide bonds. The molecule has 1 aromatic carbocycles. The van der Waals surface area contributed by atoms with Crippen molar-refractivity contribution in [1.29, 1.82) is 0 Å². The normalized spacial score (nSPS) is 16.0. The van der Waals surface area contributed by atoms with Crippen LogP contribution in [0.3, 0.4) is 0 Å². The van der Waals surface area contributed by atoms with Crippen LogP contribution in [-0.4, -0.2) is 51.0 Å². The Morgan fingerprint density at radius 2 is 1.76 bits per heavy atom. The predicted molar refractivity (Wildman–Crippen MR) is 87.8 cm³/mol. The zero-order valence-corrected chi connectivity index (χ0v) is 14.1. The Morgan fingerprint density at radius 3 is 2.24 bits per heavy atom. The van der Waals surface area contributed by atoms with Crippen LogP contribution < -0.4 is 5.73 Å². The molecule has 0 aliphatic carbocycles. The highest BCUT2D eigenvalue weighted by atomic mass is 35.5. The number of ether oxygens (including phenoxy) is 2. The van der Waals surface area contributed by atoms with Crippen LogP contribution in [0.1, 0.15) is 25.5 Å². The first-order valence-corrected chi connectivity index (χ1v) is 7.63. The van der Waals surface area contributed by atoms with E-state index in [9.17, 15) is 0 Å². The zero-order chi connectivity index (χ0) is 15.8. The van der Waals surface area contributed by atoms with Crippen LogP contribution in [0.15, 0.2) is 24.3 Å². The largest absolute Gasteiger partial charge is 0.383 e. The fraction of sp³-hybridized carbons (Fsp3) is 0.625. The van der Waals surface area contributed by atoms with Crippen LogP contribution in [0, 0.1) is 0 Å². The van der Waals surface area contributed by atoms with Gasteiger partial charge in [-0.1, -0.05) is 23.7 Å². The lowest BCUT2D eigenvalue weighted by molar-refractivity contribution is 0.0400. The molecule has 2 N–H and O–H groups in total. The van der Waals surface area contributed by atoms with Gasteiger partial charge in [0.2, 0.25) is 0 Å². The number of hydrogen-bond donors (Lipinski definition) is 1. The number of halogens is 1. The molecule has 0 aliphatic heterocycles. The highest BCUT2D eigenvalue weighted by Gasteiger charge is 2.27. The summed E-state index contributed by atoms with van der Waals surface area (Å²) in [5.41, 5.74) is 7.42. The van der Waals surface area contributed by atoms with Gasteiger partial charge in [0.05, 0.1) is 19.3 Å². The maximum absolute atomic E-state index is 6.26. The van der Waals surface area contributed by atoms with Gasteiger partial charge in [0, 0.05) is 37.9 Å². The topological polar surface area (TPSA) is 47.7 Å². The summed E-state index contributed by atoms with van der Waals surface area (Å²) < 4.78 is 10.5. The number of methoxy groups -OCH3 is 2. The molecule has 4 nitrogen and oxygen atoms in total. The van der Waals surface area contributed by atoms with Crippen LogP contribution in [0.2, 0.25) is 5.02 Å². The minimum absolute atomic E-state index is 0.0117. The molecular weight excluding hydrogens is 288 g/mol. The van der Waals surface area contributed by atoms with Gasteiger partial charge < -0.3 is 15.2 Å². The maximum atomic E-state index is 6.26. The van der Waals surface area contributed by atoms with Gasteiger partial charge in [0.1, 0.15) is 0 Å². The summed E-state index contributed by atoms with van der Waals surface area (Å²) in [4.78, 5) is 2.33. The van der Waals surface area contributed by atoms with Crippen molar-refractivity contribution in [1.82, 2.24) is 4.90 Å². The molecule has 0 heterocycles. The van der Waals surface area contributed by atoms with E-state index in [0.29, 0.717) is 13.2 Å². The molecular formula is C16H27ClN2O2. The Bertz CT molecular complexity index is 398. The molecule has 3 atom stereocenters. The minimum Gasteiger partial charge on any atom is -0.383 e. The standard InChI is InChI=1S/C16H27ClN2O2/c1-12(11-21-4)19(9-10-20-3)16(13(2)18)14-5-7-15(17)8-6-14/h5-8,12-13,16H,9-11,18H2,1-4H3. The number of hydrogen-bond acceptors (Lipinski definition) is 4. The summed E-state index contributed by atoms with van der Waals surface area (Å²) in [6.45, 7) is 6.28. The van der Waals surface area contributed by atoms with E-state index in [2.05, 4.69) is 11.8 Å². The lowest BCUT2D eigenvalue weighted by atomic mass is 9.97. The van der Waals surface area contributed by atoms with E-state index in [-0.39, 0.29) is 18.1 Å². The average Bonchev–Trinajstić information content (AvgIpc) is 2.44. The van der Waals surface area contributed by atoms with Gasteiger partial charge in [0.15, 0.2) is 0 Å². The average molecular weight is 315 g/mol. The summed E-state index contributed by atoms with van der Waals surface area (Å²) in [6, 6.07) is 8.22. The molecule has 21 heavy (non-hydrogen) atoms. The predicted octanol–water partition coefficient (Wildman–Crippen LogP) is 2.71. The summed E-state index contributed by atoms with van der Waals surface area (Å²) >= 11 is 5.99. The Labute approximate surface area is 133 Å². The molecule has 5 heteroatoms. The Morgan fingerprint density at radius 1 is 1.14 bits per heavy atom. The Hall–Kier alpha value is -0.650. The lowest BCUT2D eigenvalue weighted by Gasteiger charge is -2.38. The van der Waals surface area contributed by atoms with Crippen molar-refractivity contribution in [2.45, 2.75) is 32.0 Å². The van der Waals surface area contributed by atoms with Gasteiger partial charge in [-0.3, -0.25) is 4.90 Å². The van der Waals surface area contributed by atoms with Gasteiger partial charge in [-0.2, -0.15) is 0 Å². The first-order valence-electron chi connectivity index (χ1n) is 7.26. The smallest absolute Gasteiger partial charge is 0.0615 e. The van der Waals surface area contributed by atoms with E-state index < -0.39 is 0 Å². The second-order valence-corrected chi connectivity index (χ2v) is 5.83. The van der Waals surface area contributed by atoms with Gasteiger partial charge in [-0.25, -0.2) is 0 Å². The molecule has 120 valence electrons. The highest BCUT2D eigenvalue weighted by molar-refractivity contribution is 6.30. The molecule has 1 rings (SSSR count). The molecule has 0 aromatic heterocycles. The van der Waals surface area contributed by atoms with Crippen LogP contribution in [0.25, 0.3) is 0 Å². The van der Waals surface area contributed by atoms with Crippen molar-refractivity contribution in [3.05, 3.63) is 34.9 Å². The molecule has 0 spiro atoms. The first-order chi connectivity index (χ1) is 10.0. The monoisotopic (exact) mass is 314 g/mol. The van der Waals surface area contributed by atoms with Crippen LogP contribution in [0.5, 0.6) is 0 Å². The second-order valence-electron chi connectivity index (χ2n) is 5.39. The van der Waals surface area contributed by atoms with Gasteiger partial charge in [-0.05, 0) is 31.5 Å². The van der Waals surface area contributed by atoms with E-state index in [1.54, 1.807) is 14.2 Å². The molecule has 0 bridgehead atoms. The quantitative estimate of drug-likeness (QED) is 0.761. The van der Waals surface area contributed by atoms with Crippen LogP contribution in [0.4, 0.5) is 0 Å². The van der Waals surface area contributed by atoms with E-state index in [1.165, 1.54) is 0 Å². The molecule has 0 saturated carbocycles. The Balaban J connectivity index is 3.03. The SMILES string of the molecule is COCCN(C(C)COC)C(c1ccc(Cl)cc1)C(C)N. The lowest BCUT2D eigenvalue weighted by Crippen LogP contribution is -2.47. The van der Waals surface area contributed by atoms with Crippen molar-refractivity contribution < 1.29 is 9.47 Å². The maximum Gasteiger partial charge on any atom is 0.0615 e. The van der Waals surface area contributed by atoms with Crippen molar-refractivity contribution in [2.75, 3.05) is 34.0 Å². The first kappa shape index (κ1) is 18.4. The second kappa shape index (κ2) is 9.38. The Kier molecular flexibility index (Phi) is 8.22. The van der Waals surface area contributed by atoms with Crippen molar-refractivity contribution in [3.8, 4) is 0 Å². The van der Waals surface area contributed by atoms with Gasteiger partial charge >= 0.3 is 0 Å². The minimum atomic E-state index is -0.0117. The fourth-order valence-electron chi connectivity index (χ4n) is 2.62. The van der Waals surface area contributed by atoms with Crippen LogP contribution in [-0.2, 0) is 9.47 Å². The van der Waals surface area contributed by atoms with Crippen molar-refractivity contribution in [2.24, 2.45) is 5.73 Å². The third kappa shape index (κ3) is 5.57. The third-order valence-electron chi connectivity index (χ3n) is 3.59. The van der Waals surface area contributed by atoms with Crippen molar-refractivity contribution >= 4 is 11.6 Å². The molecule has 0 saturated heterocycles. The highest BCUT2D eigenvalue weighted by Crippen LogP contribution is 2.27. The summed E-state index contributed by atoms with van der Waals surface area (Å²) in [6.07, 6.45) is 0. The van der Waals surface area contributed by atoms with E-state index in [0.717, 1.165) is 17.1 Å². The summed E-state index contributed by atoms with van der Waals surface area (Å²) in [5.74, 6) is 0. The van der Waals surface area contributed by atoms with Crippen LogP contribution >= 0.6 is 11.6 Å². The van der Waals surface area contributed by atoms with E-state index >= 15 is 0 Å². The summed E-state index contributed by atoms with van der Waals surface area (Å²) in [5, 5.41) is 0.732. The molecule has 0 aliphatic rings. The molecule has 1 aromatic rings. The third-order valence-corrected chi connectivity index (χ3v) is 3.85. The molecule has 0 radical (unpaired) electrons. The van der Waals surface area contributed by atoms with Crippen molar-refractivity contribution in [3.63, 3.8) is 0 Å². The molecule has 0 fully saturated rings. The number of nitrogens with two attached hydrogens (primary N) is 1. The zero-order valence-electron chi connectivity index (χ0n) is 13.4. The fourth-order valence-corrected chi connectivity index (χ4v) is 2.75. The van der Waals surface area contributed by atoms with Gasteiger partial charge in [0.25, 0.3) is 0 Å². The molecule has 3 unspecified atom stereocenters.